The first-order valence-corrected chi connectivity index (χ1v) is 7.27. The van der Waals surface area contributed by atoms with Crippen molar-refractivity contribution in [3.05, 3.63) is 65.2 Å². The first kappa shape index (κ1) is 14.6. The quantitative estimate of drug-likeness (QED) is 0.831. The van der Waals surface area contributed by atoms with Crippen LogP contribution in [0.25, 0.3) is 0 Å². The summed E-state index contributed by atoms with van der Waals surface area (Å²) in [5.41, 5.74) is 3.73. The second-order valence-electron chi connectivity index (χ2n) is 5.29. The molecule has 2 heteroatoms. The molecule has 0 heterocycles. The van der Waals surface area contributed by atoms with E-state index in [1.165, 1.54) is 11.1 Å². The zero-order valence-corrected chi connectivity index (χ0v) is 12.3. The Morgan fingerprint density at radius 1 is 1.10 bits per heavy atom. The Morgan fingerprint density at radius 2 is 1.85 bits per heavy atom. The first-order chi connectivity index (χ1) is 9.69. The maximum atomic E-state index is 9.59. The summed E-state index contributed by atoms with van der Waals surface area (Å²) in [7, 11) is 0. The molecule has 2 aromatic carbocycles. The van der Waals surface area contributed by atoms with Crippen LogP contribution >= 0.6 is 0 Å². The van der Waals surface area contributed by atoms with Gasteiger partial charge in [0.2, 0.25) is 0 Å². The Morgan fingerprint density at radius 3 is 2.50 bits per heavy atom. The number of benzene rings is 2. The normalized spacial score (nSPS) is 12.3. The topological polar surface area (TPSA) is 32.3 Å². The van der Waals surface area contributed by atoms with Crippen molar-refractivity contribution < 1.29 is 5.11 Å². The molecule has 2 N–H and O–H groups in total. The Hall–Kier alpha value is -1.80. The number of nitrogens with one attached hydrogen (secondary N) is 1. The van der Waals surface area contributed by atoms with E-state index in [4.69, 9.17) is 0 Å². The van der Waals surface area contributed by atoms with Crippen molar-refractivity contribution in [2.24, 2.45) is 0 Å². The number of rotatable bonds is 6. The van der Waals surface area contributed by atoms with E-state index in [0.717, 1.165) is 24.9 Å². The summed E-state index contributed by atoms with van der Waals surface area (Å²) in [6, 6.07) is 16.5. The van der Waals surface area contributed by atoms with Crippen LogP contribution in [0.15, 0.2) is 48.5 Å². The molecule has 0 saturated carbocycles. The van der Waals surface area contributed by atoms with Gasteiger partial charge in [0, 0.05) is 6.04 Å². The fourth-order valence-corrected chi connectivity index (χ4v) is 2.34. The molecule has 2 aromatic rings. The van der Waals surface area contributed by atoms with E-state index in [1.807, 2.05) is 12.1 Å². The molecule has 2 nitrogen and oxygen atoms in total. The van der Waals surface area contributed by atoms with Gasteiger partial charge in [-0.15, -0.1) is 0 Å². The fourth-order valence-electron chi connectivity index (χ4n) is 2.34. The van der Waals surface area contributed by atoms with E-state index in [9.17, 15) is 5.11 Å². The molecule has 0 aromatic heterocycles. The highest BCUT2D eigenvalue weighted by atomic mass is 16.3. The number of hydrogen-bond donors (Lipinski definition) is 2. The molecular weight excluding hydrogens is 246 g/mol. The third-order valence-corrected chi connectivity index (χ3v) is 3.47. The van der Waals surface area contributed by atoms with Gasteiger partial charge in [-0.05, 0) is 49.6 Å². The molecule has 1 unspecified atom stereocenters. The fraction of sp³-hybridized carbons (Fsp3) is 0.333. The van der Waals surface area contributed by atoms with Crippen molar-refractivity contribution in [1.29, 1.82) is 0 Å². The van der Waals surface area contributed by atoms with Gasteiger partial charge in [0.05, 0.1) is 0 Å². The summed E-state index contributed by atoms with van der Waals surface area (Å²) in [4.78, 5) is 0. The lowest BCUT2D eigenvalue weighted by Crippen LogP contribution is -2.24. The van der Waals surface area contributed by atoms with E-state index < -0.39 is 0 Å². The molecule has 0 saturated heterocycles. The maximum absolute atomic E-state index is 9.59. The summed E-state index contributed by atoms with van der Waals surface area (Å²) >= 11 is 0. The number of aryl methyl sites for hydroxylation is 1. The van der Waals surface area contributed by atoms with E-state index in [0.29, 0.717) is 5.75 Å². The number of aromatic hydroxyl groups is 1. The van der Waals surface area contributed by atoms with Crippen LogP contribution in [-0.4, -0.2) is 11.7 Å². The maximum Gasteiger partial charge on any atom is 0.115 e. The van der Waals surface area contributed by atoms with E-state index in [-0.39, 0.29) is 6.04 Å². The predicted octanol–water partition coefficient (Wildman–Crippen LogP) is 3.98. The van der Waals surface area contributed by atoms with Gasteiger partial charge >= 0.3 is 0 Å². The standard InChI is InChI=1S/C18H23NO/c1-3-11-19-18(16-9-7-14(2)8-10-16)13-15-5-4-6-17(20)12-15/h4-10,12,18-20H,3,11,13H2,1-2H3. The van der Waals surface area contributed by atoms with Gasteiger partial charge in [-0.1, -0.05) is 48.9 Å². The SMILES string of the molecule is CCCNC(Cc1cccc(O)c1)c1ccc(C)cc1. The van der Waals surface area contributed by atoms with Crippen LogP contribution in [0.4, 0.5) is 0 Å². The van der Waals surface area contributed by atoms with Crippen LogP contribution in [-0.2, 0) is 6.42 Å². The van der Waals surface area contributed by atoms with Crippen molar-refractivity contribution in [1.82, 2.24) is 5.32 Å². The lowest BCUT2D eigenvalue weighted by Gasteiger charge is -2.19. The minimum atomic E-state index is 0.289. The summed E-state index contributed by atoms with van der Waals surface area (Å²) in [6.45, 7) is 5.28. The molecule has 0 spiro atoms. The number of phenols is 1. The third-order valence-electron chi connectivity index (χ3n) is 3.47. The highest BCUT2D eigenvalue weighted by Gasteiger charge is 2.11. The molecule has 0 aliphatic carbocycles. The van der Waals surface area contributed by atoms with E-state index in [2.05, 4.69) is 49.5 Å². The zero-order valence-electron chi connectivity index (χ0n) is 12.3. The summed E-state index contributed by atoms with van der Waals surface area (Å²) in [5.74, 6) is 0.334. The monoisotopic (exact) mass is 269 g/mol. The van der Waals surface area contributed by atoms with Crippen molar-refractivity contribution in [2.75, 3.05) is 6.54 Å². The molecule has 0 bridgehead atoms. The lowest BCUT2D eigenvalue weighted by atomic mass is 9.98. The molecule has 0 aliphatic heterocycles. The van der Waals surface area contributed by atoms with Crippen molar-refractivity contribution in [2.45, 2.75) is 32.7 Å². The predicted molar refractivity (Wildman–Crippen MR) is 84.0 cm³/mol. The molecule has 1 atom stereocenters. The molecule has 0 aliphatic rings. The molecule has 20 heavy (non-hydrogen) atoms. The first-order valence-electron chi connectivity index (χ1n) is 7.27. The lowest BCUT2D eigenvalue weighted by molar-refractivity contribution is 0.473. The number of phenolic OH excluding ortho intramolecular Hbond substituents is 1. The minimum absolute atomic E-state index is 0.289. The van der Waals surface area contributed by atoms with Crippen LogP contribution in [0.3, 0.4) is 0 Å². The molecule has 0 fully saturated rings. The van der Waals surface area contributed by atoms with Crippen LogP contribution in [0.5, 0.6) is 5.75 Å². The second kappa shape index (κ2) is 7.11. The summed E-state index contributed by atoms with van der Waals surface area (Å²) in [5, 5.41) is 13.2. The zero-order chi connectivity index (χ0) is 14.4. The highest BCUT2D eigenvalue weighted by Crippen LogP contribution is 2.21. The van der Waals surface area contributed by atoms with Gasteiger partial charge in [-0.2, -0.15) is 0 Å². The average molecular weight is 269 g/mol. The van der Waals surface area contributed by atoms with Gasteiger partial charge in [0.1, 0.15) is 5.75 Å². The largest absolute Gasteiger partial charge is 0.508 e. The molecule has 2 rings (SSSR count). The van der Waals surface area contributed by atoms with Gasteiger partial charge in [-0.3, -0.25) is 0 Å². The molecule has 0 radical (unpaired) electrons. The van der Waals surface area contributed by atoms with Crippen LogP contribution in [0.1, 0.15) is 36.1 Å². The van der Waals surface area contributed by atoms with Crippen LogP contribution < -0.4 is 5.32 Å². The van der Waals surface area contributed by atoms with E-state index in [1.54, 1.807) is 6.07 Å². The smallest absolute Gasteiger partial charge is 0.115 e. The molecule has 0 amide bonds. The van der Waals surface area contributed by atoms with Crippen molar-refractivity contribution in [3.63, 3.8) is 0 Å². The summed E-state index contributed by atoms with van der Waals surface area (Å²) < 4.78 is 0. The highest BCUT2D eigenvalue weighted by molar-refractivity contribution is 5.30. The van der Waals surface area contributed by atoms with Gasteiger partial charge < -0.3 is 10.4 Å². The van der Waals surface area contributed by atoms with Crippen molar-refractivity contribution in [3.8, 4) is 5.75 Å². The Labute approximate surface area is 121 Å². The Kier molecular flexibility index (Phi) is 5.19. The summed E-state index contributed by atoms with van der Waals surface area (Å²) in [6.07, 6.45) is 2.00. The third kappa shape index (κ3) is 4.10. The minimum Gasteiger partial charge on any atom is -0.508 e. The average Bonchev–Trinajstić information content (AvgIpc) is 2.44. The molecule has 106 valence electrons. The second-order valence-corrected chi connectivity index (χ2v) is 5.29. The van der Waals surface area contributed by atoms with Gasteiger partial charge in [0.25, 0.3) is 0 Å². The Bertz CT molecular complexity index is 533. The molecular formula is C18H23NO. The van der Waals surface area contributed by atoms with E-state index >= 15 is 0 Å². The van der Waals surface area contributed by atoms with Gasteiger partial charge in [-0.25, -0.2) is 0 Å². The number of hydrogen-bond acceptors (Lipinski definition) is 2. The van der Waals surface area contributed by atoms with Gasteiger partial charge in [0.15, 0.2) is 0 Å². The van der Waals surface area contributed by atoms with Crippen LogP contribution in [0, 0.1) is 6.92 Å². The van der Waals surface area contributed by atoms with Crippen molar-refractivity contribution >= 4 is 0 Å². The van der Waals surface area contributed by atoms with Crippen LogP contribution in [0.2, 0.25) is 0 Å². The Balaban J connectivity index is 2.16.